The predicted molar refractivity (Wildman–Crippen MR) is 84.9 cm³/mol. The van der Waals surface area contributed by atoms with Gasteiger partial charge in [0.2, 0.25) is 0 Å². The Morgan fingerprint density at radius 1 is 1.05 bits per heavy atom. The minimum absolute atomic E-state index is 0.0852. The van der Waals surface area contributed by atoms with Crippen molar-refractivity contribution < 1.29 is 4.74 Å². The largest absolute Gasteiger partial charge is 0.454 e. The molecule has 2 nitrogen and oxygen atoms in total. The predicted octanol–water partition coefficient (Wildman–Crippen LogP) is 5.07. The Balaban J connectivity index is 2.33. The van der Waals surface area contributed by atoms with Crippen molar-refractivity contribution in [2.24, 2.45) is 5.73 Å². The first-order valence-electron chi connectivity index (χ1n) is 6.57. The third-order valence-corrected chi connectivity index (χ3v) is 3.71. The van der Waals surface area contributed by atoms with Crippen molar-refractivity contribution in [2.75, 3.05) is 0 Å². The summed E-state index contributed by atoms with van der Waals surface area (Å²) in [6.45, 7) is 2.06. The second-order valence-electron chi connectivity index (χ2n) is 4.63. The van der Waals surface area contributed by atoms with E-state index in [-0.39, 0.29) is 6.04 Å². The van der Waals surface area contributed by atoms with Crippen LogP contribution < -0.4 is 10.5 Å². The second kappa shape index (κ2) is 6.98. The van der Waals surface area contributed by atoms with Crippen molar-refractivity contribution in [1.29, 1.82) is 0 Å². The van der Waals surface area contributed by atoms with E-state index >= 15 is 0 Å². The van der Waals surface area contributed by atoms with Crippen molar-refractivity contribution >= 4 is 23.2 Å². The van der Waals surface area contributed by atoms with Gasteiger partial charge in [-0.3, -0.25) is 0 Å². The summed E-state index contributed by atoms with van der Waals surface area (Å²) in [4.78, 5) is 0. The Morgan fingerprint density at radius 3 is 2.45 bits per heavy atom. The molecule has 0 aliphatic heterocycles. The van der Waals surface area contributed by atoms with Crippen molar-refractivity contribution in [3.63, 3.8) is 0 Å². The minimum Gasteiger partial charge on any atom is -0.454 e. The molecule has 106 valence electrons. The van der Waals surface area contributed by atoms with Gasteiger partial charge in [-0.2, -0.15) is 0 Å². The zero-order chi connectivity index (χ0) is 14.5. The van der Waals surface area contributed by atoms with Crippen LogP contribution in [0.4, 0.5) is 0 Å². The number of nitrogens with two attached hydrogens (primary N) is 1. The molecule has 0 spiro atoms. The number of ether oxygens (including phenoxy) is 1. The summed E-state index contributed by atoms with van der Waals surface area (Å²) < 4.78 is 5.90. The lowest BCUT2D eigenvalue weighted by Gasteiger charge is -2.16. The maximum absolute atomic E-state index is 6.25. The van der Waals surface area contributed by atoms with Gasteiger partial charge in [-0.15, -0.1) is 0 Å². The summed E-state index contributed by atoms with van der Waals surface area (Å²) in [5, 5.41) is 1.11. The molecule has 4 heteroatoms. The zero-order valence-corrected chi connectivity index (χ0v) is 12.8. The van der Waals surface area contributed by atoms with Crippen LogP contribution in [0, 0.1) is 0 Å². The first-order chi connectivity index (χ1) is 9.61. The van der Waals surface area contributed by atoms with Crippen molar-refractivity contribution in [2.45, 2.75) is 25.8 Å². The van der Waals surface area contributed by atoms with E-state index in [1.54, 1.807) is 12.1 Å². The van der Waals surface area contributed by atoms with Crippen molar-refractivity contribution in [3.8, 4) is 11.5 Å². The van der Waals surface area contributed by atoms with Gasteiger partial charge < -0.3 is 10.5 Å². The first kappa shape index (κ1) is 15.2. The van der Waals surface area contributed by atoms with Crippen LogP contribution in [-0.2, 0) is 6.42 Å². The lowest BCUT2D eigenvalue weighted by Crippen LogP contribution is -2.21. The summed E-state index contributed by atoms with van der Waals surface area (Å²) in [6, 6.07) is 13.1. The van der Waals surface area contributed by atoms with Gasteiger partial charge >= 0.3 is 0 Å². The van der Waals surface area contributed by atoms with E-state index in [1.165, 1.54) is 0 Å². The van der Waals surface area contributed by atoms with Gasteiger partial charge in [-0.1, -0.05) is 54.4 Å². The minimum atomic E-state index is 0.0852. The summed E-state index contributed by atoms with van der Waals surface area (Å²) >= 11 is 12.4. The van der Waals surface area contributed by atoms with E-state index in [9.17, 15) is 0 Å². The second-order valence-corrected chi connectivity index (χ2v) is 5.45. The maximum Gasteiger partial charge on any atom is 0.149 e. The van der Waals surface area contributed by atoms with Crippen molar-refractivity contribution in [3.05, 3.63) is 58.1 Å². The maximum atomic E-state index is 6.25. The Hall–Kier alpha value is -1.22. The van der Waals surface area contributed by atoms with E-state index in [4.69, 9.17) is 33.7 Å². The lowest BCUT2D eigenvalue weighted by molar-refractivity contribution is 0.472. The molecule has 1 atom stereocenters. The summed E-state index contributed by atoms with van der Waals surface area (Å²) in [5.74, 6) is 1.22. The van der Waals surface area contributed by atoms with Crippen LogP contribution >= 0.6 is 23.2 Å². The summed E-state index contributed by atoms with van der Waals surface area (Å²) in [7, 11) is 0. The number of rotatable bonds is 5. The lowest BCUT2D eigenvalue weighted by atomic mass is 10.0. The zero-order valence-electron chi connectivity index (χ0n) is 11.3. The Bertz CT molecular complexity index is 586. The summed E-state index contributed by atoms with van der Waals surface area (Å²) in [6.07, 6.45) is 1.62. The van der Waals surface area contributed by atoms with E-state index in [0.717, 1.165) is 18.4 Å². The monoisotopic (exact) mass is 309 g/mol. The van der Waals surface area contributed by atoms with Gasteiger partial charge in [0.25, 0.3) is 0 Å². The molecular weight excluding hydrogens is 293 g/mol. The highest BCUT2D eigenvalue weighted by molar-refractivity contribution is 6.33. The van der Waals surface area contributed by atoms with Gasteiger partial charge in [0, 0.05) is 6.04 Å². The van der Waals surface area contributed by atoms with Crippen LogP contribution in [0.1, 0.15) is 18.9 Å². The molecule has 0 aliphatic rings. The van der Waals surface area contributed by atoms with Crippen LogP contribution in [-0.4, -0.2) is 6.04 Å². The number of benzene rings is 2. The molecule has 20 heavy (non-hydrogen) atoms. The first-order valence-corrected chi connectivity index (χ1v) is 7.32. The smallest absolute Gasteiger partial charge is 0.149 e. The van der Waals surface area contributed by atoms with Crippen LogP contribution in [0.5, 0.6) is 11.5 Å². The molecule has 2 rings (SSSR count). The average molecular weight is 310 g/mol. The molecule has 0 radical (unpaired) electrons. The summed E-state index contributed by atoms with van der Waals surface area (Å²) in [5.41, 5.74) is 7.01. The molecular formula is C16H17Cl2NO. The van der Waals surface area contributed by atoms with E-state index in [1.807, 2.05) is 30.3 Å². The molecule has 0 aromatic heterocycles. The van der Waals surface area contributed by atoms with E-state index < -0.39 is 0 Å². The fourth-order valence-electron chi connectivity index (χ4n) is 1.89. The number of para-hydroxylation sites is 2. The van der Waals surface area contributed by atoms with Crippen LogP contribution in [0.15, 0.2) is 42.5 Å². The van der Waals surface area contributed by atoms with Gasteiger partial charge in [-0.05, 0) is 36.6 Å². The average Bonchev–Trinajstić information content (AvgIpc) is 2.44. The topological polar surface area (TPSA) is 35.2 Å². The molecule has 2 N–H and O–H groups in total. The molecule has 2 aromatic carbocycles. The van der Waals surface area contributed by atoms with Gasteiger partial charge in [-0.25, -0.2) is 0 Å². The normalized spacial score (nSPS) is 12.2. The van der Waals surface area contributed by atoms with Gasteiger partial charge in [0.05, 0.1) is 10.0 Å². The number of hydrogen-bond acceptors (Lipinski definition) is 2. The molecule has 0 saturated carbocycles. The molecule has 0 heterocycles. The van der Waals surface area contributed by atoms with Crippen LogP contribution in [0.2, 0.25) is 10.0 Å². The van der Waals surface area contributed by atoms with Gasteiger partial charge in [0.15, 0.2) is 0 Å². The fourth-order valence-corrected chi connectivity index (χ4v) is 2.30. The van der Waals surface area contributed by atoms with Crippen LogP contribution in [0.25, 0.3) is 0 Å². The Morgan fingerprint density at radius 2 is 1.75 bits per heavy atom. The molecule has 1 unspecified atom stereocenters. The highest BCUT2D eigenvalue weighted by Crippen LogP contribution is 2.36. The molecule has 0 bridgehead atoms. The SMILES string of the molecule is CCC(N)Cc1cccc(Cl)c1Oc1ccccc1Cl. The van der Waals surface area contributed by atoms with Gasteiger partial charge in [0.1, 0.15) is 11.5 Å². The molecule has 0 aliphatic carbocycles. The quantitative estimate of drug-likeness (QED) is 0.837. The number of hydrogen-bond donors (Lipinski definition) is 1. The standard InChI is InChI=1S/C16H17Cl2NO/c1-2-12(19)10-11-6-5-8-14(18)16(11)20-15-9-4-3-7-13(15)17/h3-9,12H,2,10,19H2,1H3. The molecule has 0 amide bonds. The highest BCUT2D eigenvalue weighted by Gasteiger charge is 2.13. The molecule has 2 aromatic rings. The van der Waals surface area contributed by atoms with E-state index in [0.29, 0.717) is 21.5 Å². The third-order valence-electron chi connectivity index (χ3n) is 3.10. The fraction of sp³-hybridized carbons (Fsp3) is 0.250. The Kier molecular flexibility index (Phi) is 5.30. The van der Waals surface area contributed by atoms with Crippen LogP contribution in [0.3, 0.4) is 0 Å². The number of halogens is 2. The van der Waals surface area contributed by atoms with E-state index in [2.05, 4.69) is 6.92 Å². The molecule has 0 saturated heterocycles. The molecule has 0 fully saturated rings. The third kappa shape index (κ3) is 3.66. The van der Waals surface area contributed by atoms with Crippen molar-refractivity contribution in [1.82, 2.24) is 0 Å². The Labute approximate surface area is 129 Å². The highest BCUT2D eigenvalue weighted by atomic mass is 35.5.